The van der Waals surface area contributed by atoms with Crippen LogP contribution in [-0.4, -0.2) is 26.3 Å². The molecule has 0 fully saturated rings. The molecule has 2 heterocycles. The summed E-state index contributed by atoms with van der Waals surface area (Å²) < 4.78 is 1.79. The highest BCUT2D eigenvalue weighted by molar-refractivity contribution is 5.58. The fourth-order valence-corrected chi connectivity index (χ4v) is 1.40. The Morgan fingerprint density at radius 2 is 2.27 bits per heavy atom. The van der Waals surface area contributed by atoms with Crippen molar-refractivity contribution in [3.8, 4) is 11.4 Å². The molecule has 0 saturated carbocycles. The van der Waals surface area contributed by atoms with E-state index in [1.165, 1.54) is 0 Å². The zero-order valence-corrected chi connectivity index (χ0v) is 8.81. The van der Waals surface area contributed by atoms with Gasteiger partial charge >= 0.3 is 0 Å². The molecule has 2 aromatic rings. The standard InChI is InChI=1S/C10H13N5/c1-3-11-10-6-8(12-7-13-10)9-4-5-14-15(9)2/h4-7H,3H2,1-2H3,(H,11,12,13). The van der Waals surface area contributed by atoms with Gasteiger partial charge in [-0.2, -0.15) is 5.10 Å². The Bertz CT molecular complexity index is 449. The van der Waals surface area contributed by atoms with E-state index in [0.717, 1.165) is 23.8 Å². The van der Waals surface area contributed by atoms with E-state index in [4.69, 9.17) is 0 Å². The van der Waals surface area contributed by atoms with Crippen LogP contribution in [0, 0.1) is 0 Å². The SMILES string of the molecule is CCNc1cc(-c2ccnn2C)ncn1. The lowest BCUT2D eigenvalue weighted by molar-refractivity contribution is 0.773. The topological polar surface area (TPSA) is 55.6 Å². The van der Waals surface area contributed by atoms with E-state index in [1.54, 1.807) is 17.2 Å². The van der Waals surface area contributed by atoms with Gasteiger partial charge in [-0.1, -0.05) is 0 Å². The first-order chi connectivity index (χ1) is 7.31. The fourth-order valence-electron chi connectivity index (χ4n) is 1.40. The lowest BCUT2D eigenvalue weighted by atomic mass is 10.3. The first-order valence-corrected chi connectivity index (χ1v) is 4.85. The van der Waals surface area contributed by atoms with Crippen molar-refractivity contribution in [3.05, 3.63) is 24.7 Å². The van der Waals surface area contributed by atoms with Gasteiger partial charge in [0.2, 0.25) is 0 Å². The van der Waals surface area contributed by atoms with Gasteiger partial charge in [0, 0.05) is 25.9 Å². The van der Waals surface area contributed by atoms with Crippen molar-refractivity contribution >= 4 is 5.82 Å². The second-order valence-electron chi connectivity index (χ2n) is 3.16. The summed E-state index contributed by atoms with van der Waals surface area (Å²) in [6.45, 7) is 2.88. The van der Waals surface area contributed by atoms with E-state index in [0.29, 0.717) is 0 Å². The molecule has 0 saturated heterocycles. The first-order valence-electron chi connectivity index (χ1n) is 4.85. The Hall–Kier alpha value is -1.91. The zero-order chi connectivity index (χ0) is 10.7. The van der Waals surface area contributed by atoms with Gasteiger partial charge in [-0.15, -0.1) is 0 Å². The molecule has 0 aromatic carbocycles. The quantitative estimate of drug-likeness (QED) is 0.817. The molecule has 5 nitrogen and oxygen atoms in total. The van der Waals surface area contributed by atoms with E-state index in [9.17, 15) is 0 Å². The molecular formula is C10H13N5. The van der Waals surface area contributed by atoms with Crippen LogP contribution in [0.5, 0.6) is 0 Å². The van der Waals surface area contributed by atoms with E-state index in [1.807, 2.05) is 26.1 Å². The molecule has 0 spiro atoms. The largest absolute Gasteiger partial charge is 0.370 e. The van der Waals surface area contributed by atoms with Crippen LogP contribution in [0.1, 0.15) is 6.92 Å². The fraction of sp³-hybridized carbons (Fsp3) is 0.300. The number of anilines is 1. The summed E-state index contributed by atoms with van der Waals surface area (Å²) >= 11 is 0. The summed E-state index contributed by atoms with van der Waals surface area (Å²) in [5.41, 5.74) is 1.86. The number of hydrogen-bond donors (Lipinski definition) is 1. The lowest BCUT2D eigenvalue weighted by Crippen LogP contribution is -2.01. The average molecular weight is 203 g/mol. The summed E-state index contributed by atoms with van der Waals surface area (Å²) in [5, 5.41) is 7.25. The zero-order valence-electron chi connectivity index (χ0n) is 8.81. The second kappa shape index (κ2) is 4.08. The van der Waals surface area contributed by atoms with Crippen LogP contribution >= 0.6 is 0 Å². The smallest absolute Gasteiger partial charge is 0.130 e. The molecule has 2 rings (SSSR count). The normalized spacial score (nSPS) is 10.3. The molecule has 0 atom stereocenters. The van der Waals surface area contributed by atoms with Crippen LogP contribution in [0.15, 0.2) is 24.7 Å². The Kier molecular flexibility index (Phi) is 2.62. The highest BCUT2D eigenvalue weighted by atomic mass is 15.3. The van der Waals surface area contributed by atoms with Gasteiger partial charge < -0.3 is 5.32 Å². The minimum atomic E-state index is 0.837. The summed E-state index contributed by atoms with van der Waals surface area (Å²) in [4.78, 5) is 8.33. The second-order valence-corrected chi connectivity index (χ2v) is 3.16. The Morgan fingerprint density at radius 1 is 1.40 bits per heavy atom. The third kappa shape index (κ3) is 1.96. The molecule has 0 aliphatic rings. The van der Waals surface area contributed by atoms with Crippen molar-refractivity contribution in [1.29, 1.82) is 0 Å². The number of aromatic nitrogens is 4. The van der Waals surface area contributed by atoms with Gasteiger partial charge in [0.1, 0.15) is 12.1 Å². The van der Waals surface area contributed by atoms with Crippen LogP contribution in [0.2, 0.25) is 0 Å². The minimum absolute atomic E-state index is 0.837. The predicted octanol–water partition coefficient (Wildman–Crippen LogP) is 1.31. The van der Waals surface area contributed by atoms with Crippen molar-refractivity contribution in [2.75, 3.05) is 11.9 Å². The van der Waals surface area contributed by atoms with E-state index in [2.05, 4.69) is 20.4 Å². The molecule has 5 heteroatoms. The number of aryl methyl sites for hydroxylation is 1. The Labute approximate surface area is 88.2 Å². The molecule has 0 bridgehead atoms. The monoisotopic (exact) mass is 203 g/mol. The summed E-state index contributed by atoms with van der Waals surface area (Å²) in [5.74, 6) is 0.837. The van der Waals surface area contributed by atoms with Crippen LogP contribution in [0.4, 0.5) is 5.82 Å². The van der Waals surface area contributed by atoms with Gasteiger partial charge in [-0.3, -0.25) is 4.68 Å². The number of nitrogens with one attached hydrogen (secondary N) is 1. The molecular weight excluding hydrogens is 190 g/mol. The van der Waals surface area contributed by atoms with Gasteiger partial charge in [0.15, 0.2) is 0 Å². The van der Waals surface area contributed by atoms with Gasteiger partial charge in [0.25, 0.3) is 0 Å². The van der Waals surface area contributed by atoms with Crippen molar-refractivity contribution in [1.82, 2.24) is 19.7 Å². The third-order valence-electron chi connectivity index (χ3n) is 2.11. The third-order valence-corrected chi connectivity index (χ3v) is 2.11. The van der Waals surface area contributed by atoms with Crippen LogP contribution < -0.4 is 5.32 Å². The maximum Gasteiger partial charge on any atom is 0.130 e. The van der Waals surface area contributed by atoms with Gasteiger partial charge in [-0.05, 0) is 13.0 Å². The number of nitrogens with zero attached hydrogens (tertiary/aromatic N) is 4. The Balaban J connectivity index is 2.37. The van der Waals surface area contributed by atoms with Crippen molar-refractivity contribution in [2.24, 2.45) is 7.05 Å². The highest BCUT2D eigenvalue weighted by Crippen LogP contribution is 2.16. The van der Waals surface area contributed by atoms with Gasteiger partial charge in [0.05, 0.1) is 11.4 Å². The number of rotatable bonds is 3. The van der Waals surface area contributed by atoms with Gasteiger partial charge in [-0.25, -0.2) is 9.97 Å². The molecule has 0 aliphatic carbocycles. The molecule has 1 N–H and O–H groups in total. The van der Waals surface area contributed by atoms with Crippen LogP contribution in [-0.2, 0) is 7.05 Å². The average Bonchev–Trinajstić information content (AvgIpc) is 2.65. The van der Waals surface area contributed by atoms with Crippen molar-refractivity contribution in [3.63, 3.8) is 0 Å². The van der Waals surface area contributed by atoms with Crippen molar-refractivity contribution in [2.45, 2.75) is 6.92 Å². The first kappa shape index (κ1) is 9.64. The van der Waals surface area contributed by atoms with Crippen molar-refractivity contribution < 1.29 is 0 Å². The molecule has 78 valence electrons. The van der Waals surface area contributed by atoms with E-state index < -0.39 is 0 Å². The van der Waals surface area contributed by atoms with E-state index >= 15 is 0 Å². The molecule has 0 radical (unpaired) electrons. The van der Waals surface area contributed by atoms with Crippen LogP contribution in [0.3, 0.4) is 0 Å². The van der Waals surface area contributed by atoms with Crippen LogP contribution in [0.25, 0.3) is 11.4 Å². The maximum atomic E-state index is 4.21. The number of hydrogen-bond acceptors (Lipinski definition) is 4. The summed E-state index contributed by atoms with van der Waals surface area (Å²) in [7, 11) is 1.89. The molecule has 0 unspecified atom stereocenters. The van der Waals surface area contributed by atoms with E-state index in [-0.39, 0.29) is 0 Å². The Morgan fingerprint density at radius 3 is 2.93 bits per heavy atom. The molecule has 0 amide bonds. The molecule has 15 heavy (non-hydrogen) atoms. The summed E-state index contributed by atoms with van der Waals surface area (Å²) in [6.07, 6.45) is 3.31. The minimum Gasteiger partial charge on any atom is -0.370 e. The highest BCUT2D eigenvalue weighted by Gasteiger charge is 2.04. The summed E-state index contributed by atoms with van der Waals surface area (Å²) in [6, 6.07) is 3.85. The molecule has 2 aromatic heterocycles. The predicted molar refractivity (Wildman–Crippen MR) is 58.4 cm³/mol. The maximum absolute atomic E-state index is 4.21. The lowest BCUT2D eigenvalue weighted by Gasteiger charge is -2.04. The molecule has 0 aliphatic heterocycles.